The summed E-state index contributed by atoms with van der Waals surface area (Å²) < 4.78 is 5.54. The molecule has 3 fully saturated rings. The Bertz CT molecular complexity index is 549. The van der Waals surface area contributed by atoms with Gasteiger partial charge in [0.15, 0.2) is 5.96 Å². The maximum absolute atomic E-state index is 12.4. The molecule has 154 valence electrons. The van der Waals surface area contributed by atoms with Gasteiger partial charge in [-0.05, 0) is 64.2 Å². The Balaban J connectivity index is 1.47. The molecule has 1 aliphatic carbocycles. The predicted octanol–water partition coefficient (Wildman–Crippen LogP) is 3.48. The van der Waals surface area contributed by atoms with Crippen molar-refractivity contribution < 1.29 is 9.53 Å². The average molecular weight is 379 g/mol. The number of guanidine groups is 1. The van der Waals surface area contributed by atoms with E-state index in [1.165, 1.54) is 32.1 Å². The fourth-order valence-corrected chi connectivity index (χ4v) is 4.94. The van der Waals surface area contributed by atoms with E-state index in [9.17, 15) is 4.79 Å². The number of hydrogen-bond donors (Lipinski definition) is 1. The number of rotatable bonds is 2. The Morgan fingerprint density at radius 3 is 2.56 bits per heavy atom. The van der Waals surface area contributed by atoms with Crippen molar-refractivity contribution in [2.24, 2.45) is 16.3 Å². The quantitative estimate of drug-likeness (QED) is 0.590. The zero-order chi connectivity index (χ0) is 19.5. The molecule has 1 spiro atoms. The van der Waals surface area contributed by atoms with Crippen molar-refractivity contribution in [2.75, 3.05) is 39.8 Å². The zero-order valence-corrected chi connectivity index (χ0v) is 17.7. The molecule has 1 unspecified atom stereocenters. The molecule has 1 saturated carbocycles. The summed E-state index contributed by atoms with van der Waals surface area (Å²) in [6.07, 6.45) is 8.86. The van der Waals surface area contributed by atoms with Crippen LogP contribution in [0.15, 0.2) is 4.99 Å². The highest BCUT2D eigenvalue weighted by Gasteiger charge is 2.41. The number of hydrogen-bond acceptors (Lipinski definition) is 3. The number of aliphatic imine (C=N–C) groups is 1. The summed E-state index contributed by atoms with van der Waals surface area (Å²) in [5.74, 6) is 1.49. The summed E-state index contributed by atoms with van der Waals surface area (Å²) in [5.41, 5.74) is 0.117. The zero-order valence-electron chi connectivity index (χ0n) is 17.7. The summed E-state index contributed by atoms with van der Waals surface area (Å²) in [6, 6.07) is 0. The van der Waals surface area contributed by atoms with E-state index in [1.54, 1.807) is 0 Å². The molecule has 6 nitrogen and oxygen atoms in total. The Morgan fingerprint density at radius 1 is 1.15 bits per heavy atom. The largest absolute Gasteiger partial charge is 0.444 e. The van der Waals surface area contributed by atoms with Crippen LogP contribution in [0.1, 0.15) is 65.7 Å². The van der Waals surface area contributed by atoms with Crippen LogP contribution in [0.25, 0.3) is 0 Å². The minimum Gasteiger partial charge on any atom is -0.444 e. The average Bonchev–Trinajstić information content (AvgIpc) is 3.25. The molecular formula is C21H38N4O2. The van der Waals surface area contributed by atoms with E-state index < -0.39 is 5.60 Å². The minimum atomic E-state index is -0.434. The van der Waals surface area contributed by atoms with Gasteiger partial charge >= 0.3 is 6.09 Å². The van der Waals surface area contributed by atoms with Crippen LogP contribution >= 0.6 is 0 Å². The van der Waals surface area contributed by atoms with Crippen molar-refractivity contribution in [3.8, 4) is 0 Å². The van der Waals surface area contributed by atoms with Gasteiger partial charge in [-0.3, -0.25) is 4.99 Å². The monoisotopic (exact) mass is 378 g/mol. The van der Waals surface area contributed by atoms with Gasteiger partial charge in [-0.2, -0.15) is 0 Å². The lowest BCUT2D eigenvalue weighted by molar-refractivity contribution is 0.0168. The van der Waals surface area contributed by atoms with Crippen molar-refractivity contribution in [2.45, 2.75) is 71.3 Å². The normalized spacial score (nSPS) is 25.9. The molecule has 2 aliphatic heterocycles. The summed E-state index contributed by atoms with van der Waals surface area (Å²) >= 11 is 0. The van der Waals surface area contributed by atoms with Crippen molar-refractivity contribution in [3.05, 3.63) is 0 Å². The van der Waals surface area contributed by atoms with Gasteiger partial charge in [0.1, 0.15) is 5.60 Å². The standard InChI is InChI=1S/C21H38N4O2/c1-20(2,3)27-19(26)24-12-7-8-17(15-24)14-23-18(22-4)25-13-11-21(16-25)9-5-6-10-21/h17H,5-16H2,1-4H3,(H,22,23). The van der Waals surface area contributed by atoms with Gasteiger partial charge in [-0.25, -0.2) is 4.79 Å². The van der Waals surface area contributed by atoms with E-state index in [2.05, 4.69) is 15.2 Å². The van der Waals surface area contributed by atoms with E-state index in [1.807, 2.05) is 32.7 Å². The number of carbonyl (C=O) groups is 1. The molecule has 1 atom stereocenters. The summed E-state index contributed by atoms with van der Waals surface area (Å²) in [7, 11) is 1.88. The number of carbonyl (C=O) groups excluding carboxylic acids is 1. The highest BCUT2D eigenvalue weighted by Crippen LogP contribution is 2.45. The van der Waals surface area contributed by atoms with E-state index in [0.717, 1.165) is 51.5 Å². The van der Waals surface area contributed by atoms with Crippen LogP contribution in [0.5, 0.6) is 0 Å². The third-order valence-corrected chi connectivity index (χ3v) is 6.33. The smallest absolute Gasteiger partial charge is 0.410 e. The molecule has 0 aromatic carbocycles. The van der Waals surface area contributed by atoms with Crippen LogP contribution in [0.3, 0.4) is 0 Å². The number of likely N-dealkylation sites (tertiary alicyclic amines) is 2. The number of piperidine rings is 1. The number of nitrogens with zero attached hydrogens (tertiary/aromatic N) is 3. The molecule has 0 bridgehead atoms. The van der Waals surface area contributed by atoms with E-state index >= 15 is 0 Å². The molecule has 0 aromatic rings. The van der Waals surface area contributed by atoms with Crippen LogP contribution in [0.2, 0.25) is 0 Å². The second-order valence-electron chi connectivity index (χ2n) is 9.74. The van der Waals surface area contributed by atoms with Crippen LogP contribution in [0, 0.1) is 11.3 Å². The molecule has 0 radical (unpaired) electrons. The van der Waals surface area contributed by atoms with Crippen LogP contribution in [0.4, 0.5) is 4.79 Å². The molecule has 27 heavy (non-hydrogen) atoms. The maximum atomic E-state index is 12.4. The highest BCUT2D eigenvalue weighted by molar-refractivity contribution is 5.80. The van der Waals surface area contributed by atoms with Crippen LogP contribution in [-0.4, -0.2) is 67.2 Å². The first-order chi connectivity index (χ1) is 12.8. The highest BCUT2D eigenvalue weighted by atomic mass is 16.6. The number of amides is 1. The van der Waals surface area contributed by atoms with E-state index in [-0.39, 0.29) is 6.09 Å². The van der Waals surface area contributed by atoms with Gasteiger partial charge in [-0.1, -0.05) is 12.8 Å². The summed E-state index contributed by atoms with van der Waals surface area (Å²) in [4.78, 5) is 21.2. The SMILES string of the molecule is CN=C(NCC1CCCN(C(=O)OC(C)(C)C)C1)N1CCC2(CCCC2)C1. The molecule has 3 rings (SSSR count). The molecule has 1 N–H and O–H groups in total. The molecule has 2 heterocycles. The predicted molar refractivity (Wildman–Crippen MR) is 109 cm³/mol. The van der Waals surface area contributed by atoms with Crippen molar-refractivity contribution in [1.29, 1.82) is 0 Å². The molecule has 6 heteroatoms. The number of ether oxygens (including phenoxy) is 1. The first-order valence-electron chi connectivity index (χ1n) is 10.7. The lowest BCUT2D eigenvalue weighted by atomic mass is 9.86. The maximum Gasteiger partial charge on any atom is 0.410 e. The molecule has 0 aromatic heterocycles. The Hall–Kier alpha value is -1.46. The topological polar surface area (TPSA) is 57.2 Å². The fourth-order valence-electron chi connectivity index (χ4n) is 4.94. The van der Waals surface area contributed by atoms with Crippen LogP contribution < -0.4 is 5.32 Å². The Labute approximate surface area is 164 Å². The Morgan fingerprint density at radius 2 is 1.89 bits per heavy atom. The minimum absolute atomic E-state index is 0.181. The molecule has 1 amide bonds. The third kappa shape index (κ3) is 5.29. The van der Waals surface area contributed by atoms with E-state index in [4.69, 9.17) is 4.74 Å². The molecule has 3 aliphatic rings. The lowest BCUT2D eigenvalue weighted by Crippen LogP contribution is -2.48. The number of nitrogens with one attached hydrogen (secondary N) is 1. The van der Waals surface area contributed by atoms with E-state index in [0.29, 0.717) is 11.3 Å². The van der Waals surface area contributed by atoms with Crippen molar-refractivity contribution in [3.63, 3.8) is 0 Å². The van der Waals surface area contributed by atoms with Gasteiger partial charge in [0, 0.05) is 39.8 Å². The second-order valence-corrected chi connectivity index (χ2v) is 9.74. The fraction of sp³-hybridized carbons (Fsp3) is 0.905. The van der Waals surface area contributed by atoms with Crippen LogP contribution in [-0.2, 0) is 4.74 Å². The first kappa shape index (κ1) is 20.3. The molecular weight excluding hydrogens is 340 g/mol. The lowest BCUT2D eigenvalue weighted by Gasteiger charge is -2.35. The van der Waals surface area contributed by atoms with Crippen molar-refractivity contribution >= 4 is 12.1 Å². The van der Waals surface area contributed by atoms with Crippen molar-refractivity contribution in [1.82, 2.24) is 15.1 Å². The summed E-state index contributed by atoms with van der Waals surface area (Å²) in [6.45, 7) is 10.5. The van der Waals surface area contributed by atoms with Gasteiger partial charge in [-0.15, -0.1) is 0 Å². The second kappa shape index (κ2) is 8.27. The van der Waals surface area contributed by atoms with Gasteiger partial charge < -0.3 is 19.9 Å². The summed E-state index contributed by atoms with van der Waals surface area (Å²) in [5, 5.41) is 3.59. The third-order valence-electron chi connectivity index (χ3n) is 6.33. The Kier molecular flexibility index (Phi) is 6.21. The van der Waals surface area contributed by atoms with Gasteiger partial charge in [0.05, 0.1) is 0 Å². The first-order valence-corrected chi connectivity index (χ1v) is 10.7. The van der Waals surface area contributed by atoms with Gasteiger partial charge in [0.2, 0.25) is 0 Å². The molecule has 2 saturated heterocycles. The van der Waals surface area contributed by atoms with Gasteiger partial charge in [0.25, 0.3) is 0 Å².